The Hall–Kier alpha value is -1.82. The van der Waals surface area contributed by atoms with Crippen LogP contribution >= 0.6 is 0 Å². The summed E-state index contributed by atoms with van der Waals surface area (Å²) in [4.78, 5) is 30.0. The van der Waals surface area contributed by atoms with Crippen LogP contribution in [-0.4, -0.2) is 53.0 Å². The summed E-state index contributed by atoms with van der Waals surface area (Å²) in [6, 6.07) is 3.70. The number of carbonyl (C=O) groups excluding carboxylic acids is 2. The van der Waals surface area contributed by atoms with Crippen molar-refractivity contribution in [3.8, 4) is 0 Å². The maximum absolute atomic E-state index is 13.3. The molecule has 6 heteroatoms. The maximum atomic E-state index is 13.3. The molecule has 0 spiro atoms. The van der Waals surface area contributed by atoms with Gasteiger partial charge in [-0.05, 0) is 58.6 Å². The van der Waals surface area contributed by atoms with Gasteiger partial charge in [0.05, 0.1) is 18.9 Å². The van der Waals surface area contributed by atoms with Crippen LogP contribution in [-0.2, 0) is 20.9 Å². The summed E-state index contributed by atoms with van der Waals surface area (Å²) in [5.74, 6) is 0.876. The van der Waals surface area contributed by atoms with Gasteiger partial charge in [0.25, 0.3) is 0 Å². The smallest absolute Gasteiger partial charge is 0.242 e. The third kappa shape index (κ3) is 5.37. The molecule has 1 aromatic rings. The molecule has 2 amide bonds. The number of rotatable bonds is 7. The first-order valence-corrected chi connectivity index (χ1v) is 10.6. The van der Waals surface area contributed by atoms with Crippen molar-refractivity contribution < 1.29 is 18.7 Å². The van der Waals surface area contributed by atoms with Crippen LogP contribution in [0.4, 0.5) is 0 Å². The molecule has 2 fully saturated rings. The minimum atomic E-state index is -0.393. The van der Waals surface area contributed by atoms with Crippen molar-refractivity contribution in [2.24, 2.45) is 5.92 Å². The van der Waals surface area contributed by atoms with Gasteiger partial charge in [-0.2, -0.15) is 0 Å². The van der Waals surface area contributed by atoms with Gasteiger partial charge >= 0.3 is 0 Å². The highest BCUT2D eigenvalue weighted by molar-refractivity contribution is 5.86. The van der Waals surface area contributed by atoms with Gasteiger partial charge in [0.15, 0.2) is 0 Å². The largest absolute Gasteiger partial charge is 0.467 e. The Labute approximate surface area is 168 Å². The van der Waals surface area contributed by atoms with E-state index in [9.17, 15) is 9.59 Å². The minimum absolute atomic E-state index is 0.0480. The molecule has 1 saturated carbocycles. The molecular formula is C22H34N2O4. The molecule has 1 atom stereocenters. The van der Waals surface area contributed by atoms with Crippen LogP contribution in [0.1, 0.15) is 65.1 Å². The highest BCUT2D eigenvalue weighted by atomic mass is 16.5. The molecule has 1 aliphatic carbocycles. The van der Waals surface area contributed by atoms with Crippen LogP contribution in [0, 0.1) is 5.92 Å². The molecule has 0 aromatic carbocycles. The van der Waals surface area contributed by atoms with E-state index in [0.29, 0.717) is 13.1 Å². The second kappa shape index (κ2) is 9.12. The van der Waals surface area contributed by atoms with Crippen molar-refractivity contribution >= 4 is 11.8 Å². The Bertz CT molecular complexity index is 638. The first-order valence-electron chi connectivity index (χ1n) is 10.6. The molecule has 3 rings (SSSR count). The fourth-order valence-corrected chi connectivity index (χ4v) is 4.15. The lowest BCUT2D eigenvalue weighted by Crippen LogP contribution is -2.53. The molecule has 28 heavy (non-hydrogen) atoms. The van der Waals surface area contributed by atoms with Crippen LogP contribution in [0.5, 0.6) is 0 Å². The van der Waals surface area contributed by atoms with E-state index in [4.69, 9.17) is 9.15 Å². The summed E-state index contributed by atoms with van der Waals surface area (Å²) < 4.78 is 11.2. The van der Waals surface area contributed by atoms with E-state index in [-0.39, 0.29) is 30.4 Å². The highest BCUT2D eigenvalue weighted by Gasteiger charge is 2.36. The maximum Gasteiger partial charge on any atom is 0.242 e. The van der Waals surface area contributed by atoms with E-state index in [1.165, 1.54) is 0 Å². The summed E-state index contributed by atoms with van der Waals surface area (Å²) in [6.07, 6.45) is 7.75. The van der Waals surface area contributed by atoms with E-state index in [1.54, 1.807) is 16.1 Å². The average Bonchev–Trinajstić information content (AvgIpc) is 3.40. The van der Waals surface area contributed by atoms with Crippen molar-refractivity contribution in [3.63, 3.8) is 0 Å². The fourth-order valence-electron chi connectivity index (χ4n) is 4.15. The van der Waals surface area contributed by atoms with E-state index in [2.05, 4.69) is 0 Å². The molecule has 0 bridgehead atoms. The molecule has 1 saturated heterocycles. The van der Waals surface area contributed by atoms with Crippen LogP contribution in [0.3, 0.4) is 0 Å². The van der Waals surface area contributed by atoms with Crippen LogP contribution in [0.2, 0.25) is 0 Å². The average molecular weight is 391 g/mol. The number of furan rings is 1. The highest BCUT2D eigenvalue weighted by Crippen LogP contribution is 2.29. The van der Waals surface area contributed by atoms with Gasteiger partial charge < -0.3 is 19.0 Å². The zero-order valence-corrected chi connectivity index (χ0v) is 17.5. The van der Waals surface area contributed by atoms with Crippen molar-refractivity contribution in [2.45, 2.75) is 77.5 Å². The Balaban J connectivity index is 1.71. The quantitative estimate of drug-likeness (QED) is 0.714. The molecule has 6 nitrogen and oxygen atoms in total. The number of hydrogen-bond donors (Lipinski definition) is 0. The second-order valence-electron chi connectivity index (χ2n) is 9.07. The van der Waals surface area contributed by atoms with Crippen molar-refractivity contribution in [2.75, 3.05) is 19.7 Å². The molecule has 1 aromatic heterocycles. The van der Waals surface area contributed by atoms with Gasteiger partial charge in [-0.15, -0.1) is 0 Å². The molecule has 0 N–H and O–H groups in total. The van der Waals surface area contributed by atoms with Crippen molar-refractivity contribution in [1.82, 2.24) is 9.80 Å². The lowest BCUT2D eigenvalue weighted by atomic mass is 10.00. The molecule has 2 aliphatic rings. The fraction of sp³-hybridized carbons (Fsp3) is 0.727. The molecule has 1 aliphatic heterocycles. The van der Waals surface area contributed by atoms with E-state index < -0.39 is 5.54 Å². The minimum Gasteiger partial charge on any atom is -0.467 e. The Morgan fingerprint density at radius 3 is 2.46 bits per heavy atom. The third-order valence-electron chi connectivity index (χ3n) is 5.80. The number of carbonyl (C=O) groups is 2. The van der Waals surface area contributed by atoms with Crippen LogP contribution in [0.15, 0.2) is 22.8 Å². The zero-order valence-electron chi connectivity index (χ0n) is 17.5. The molecule has 2 heterocycles. The number of ether oxygens (including phenoxy) is 1. The monoisotopic (exact) mass is 390 g/mol. The van der Waals surface area contributed by atoms with Gasteiger partial charge in [-0.25, -0.2) is 0 Å². The Kier molecular flexibility index (Phi) is 6.81. The SMILES string of the molecule is CC(C)(C)N(CC(=O)N(Cc1ccco1)CC1CCCO1)C(=O)C1CCCC1. The van der Waals surface area contributed by atoms with E-state index in [1.807, 2.05) is 32.9 Å². The van der Waals surface area contributed by atoms with Gasteiger partial charge in [0.2, 0.25) is 11.8 Å². The summed E-state index contributed by atoms with van der Waals surface area (Å²) in [6.45, 7) is 7.81. The normalized spacial score (nSPS) is 20.5. The number of nitrogens with zero attached hydrogens (tertiary/aromatic N) is 2. The lowest BCUT2D eigenvalue weighted by molar-refractivity contribution is -0.148. The zero-order chi connectivity index (χ0) is 20.1. The van der Waals surface area contributed by atoms with Crippen LogP contribution < -0.4 is 0 Å². The standard InChI is InChI=1S/C22H34N2O4/c1-22(2,3)24(21(26)17-8-4-5-9-17)16-20(25)23(14-18-10-6-12-27-18)15-19-11-7-13-28-19/h6,10,12,17,19H,4-5,7-9,11,13-16H2,1-3H3. The number of hydrogen-bond acceptors (Lipinski definition) is 4. The molecule has 156 valence electrons. The summed E-state index contributed by atoms with van der Waals surface area (Å²) in [5.41, 5.74) is -0.393. The summed E-state index contributed by atoms with van der Waals surface area (Å²) >= 11 is 0. The van der Waals surface area contributed by atoms with Gasteiger partial charge in [-0.1, -0.05) is 12.8 Å². The lowest BCUT2D eigenvalue weighted by Gasteiger charge is -2.38. The van der Waals surface area contributed by atoms with Gasteiger partial charge in [0, 0.05) is 24.6 Å². The Morgan fingerprint density at radius 2 is 1.89 bits per heavy atom. The van der Waals surface area contributed by atoms with Crippen molar-refractivity contribution in [3.05, 3.63) is 24.2 Å². The predicted molar refractivity (Wildman–Crippen MR) is 107 cm³/mol. The van der Waals surface area contributed by atoms with Gasteiger partial charge in [0.1, 0.15) is 12.3 Å². The number of amides is 2. The van der Waals surface area contributed by atoms with Crippen molar-refractivity contribution in [1.29, 1.82) is 0 Å². The van der Waals surface area contributed by atoms with Gasteiger partial charge in [-0.3, -0.25) is 9.59 Å². The predicted octanol–water partition coefficient (Wildman–Crippen LogP) is 3.60. The third-order valence-corrected chi connectivity index (χ3v) is 5.80. The van der Waals surface area contributed by atoms with E-state index >= 15 is 0 Å². The summed E-state index contributed by atoms with van der Waals surface area (Å²) in [7, 11) is 0. The Morgan fingerprint density at radius 1 is 1.14 bits per heavy atom. The topological polar surface area (TPSA) is 63.0 Å². The molecule has 0 radical (unpaired) electrons. The molecule has 1 unspecified atom stereocenters. The first kappa shape index (κ1) is 20.9. The van der Waals surface area contributed by atoms with Crippen LogP contribution in [0.25, 0.3) is 0 Å². The summed E-state index contributed by atoms with van der Waals surface area (Å²) in [5, 5.41) is 0. The molecular weight excluding hydrogens is 356 g/mol. The van der Waals surface area contributed by atoms with E-state index in [0.717, 1.165) is 50.9 Å². The second-order valence-corrected chi connectivity index (χ2v) is 9.07. The first-order chi connectivity index (χ1) is 13.3.